The molecule has 2 aromatic carbocycles. The van der Waals surface area contributed by atoms with E-state index in [1.165, 1.54) is 24.3 Å². The van der Waals surface area contributed by atoms with Crippen LogP contribution in [0.1, 0.15) is 5.56 Å². The van der Waals surface area contributed by atoms with Gasteiger partial charge in [-0.3, -0.25) is 4.79 Å². The predicted molar refractivity (Wildman–Crippen MR) is 99.5 cm³/mol. The molecule has 10 heteroatoms. The minimum absolute atomic E-state index is 0.156. The molecule has 8 nitrogen and oxygen atoms in total. The predicted octanol–water partition coefficient (Wildman–Crippen LogP) is 2.71. The van der Waals surface area contributed by atoms with Crippen molar-refractivity contribution in [3.05, 3.63) is 53.1 Å². The monoisotopic (exact) mass is 412 g/mol. The minimum atomic E-state index is -4.05. The summed E-state index contributed by atoms with van der Waals surface area (Å²) in [6.45, 7) is 1.58. The van der Waals surface area contributed by atoms with Crippen molar-refractivity contribution in [1.29, 1.82) is 0 Å². The fourth-order valence-electron chi connectivity index (χ4n) is 2.00. The molecule has 2 N–H and O–H groups in total. The van der Waals surface area contributed by atoms with Crippen molar-refractivity contribution in [3.8, 4) is 5.75 Å². The van der Waals surface area contributed by atoms with E-state index in [1.54, 1.807) is 22.9 Å². The van der Waals surface area contributed by atoms with Crippen molar-refractivity contribution in [1.82, 2.24) is 4.72 Å². The Morgan fingerprint density at radius 3 is 2.41 bits per heavy atom. The highest BCUT2D eigenvalue weighted by Crippen LogP contribution is 2.22. The Bertz CT molecular complexity index is 944. The topological polar surface area (TPSA) is 111 Å². The van der Waals surface area contributed by atoms with Crippen molar-refractivity contribution in [3.63, 3.8) is 0 Å². The number of hydrogen-bond acceptors (Lipinski definition) is 6. The van der Waals surface area contributed by atoms with Gasteiger partial charge in [0.15, 0.2) is 6.61 Å². The van der Waals surface area contributed by atoms with Crippen LogP contribution in [-0.2, 0) is 19.6 Å². The molecule has 0 unspecified atom stereocenters. The molecular weight excluding hydrogens is 396 g/mol. The molecule has 2 rings (SSSR count). The van der Waals surface area contributed by atoms with Crippen molar-refractivity contribution in [2.45, 2.75) is 11.8 Å². The van der Waals surface area contributed by atoms with Gasteiger partial charge in [-0.1, -0.05) is 17.7 Å². The Balaban J connectivity index is 1.96. The van der Waals surface area contributed by atoms with Crippen LogP contribution in [0, 0.1) is 6.92 Å². The van der Waals surface area contributed by atoms with Gasteiger partial charge in [0, 0.05) is 10.7 Å². The Morgan fingerprint density at radius 2 is 1.78 bits per heavy atom. The van der Waals surface area contributed by atoms with Crippen LogP contribution in [0.25, 0.3) is 0 Å². The number of carbonyl (C=O) groups excluding carboxylic acids is 2. The fourth-order valence-corrected chi connectivity index (χ4v) is 3.07. The zero-order valence-electron chi connectivity index (χ0n) is 14.5. The van der Waals surface area contributed by atoms with Gasteiger partial charge < -0.3 is 14.8 Å². The first-order chi connectivity index (χ1) is 12.7. The van der Waals surface area contributed by atoms with Gasteiger partial charge in [-0.05, 0) is 48.9 Å². The number of ether oxygens (including phenoxy) is 2. The molecule has 0 atom stereocenters. The first kappa shape index (κ1) is 20.5. The van der Waals surface area contributed by atoms with E-state index in [2.05, 4.69) is 10.1 Å². The summed E-state index contributed by atoms with van der Waals surface area (Å²) < 4.78 is 35.3. The van der Waals surface area contributed by atoms with Gasteiger partial charge in [0.05, 0.1) is 12.0 Å². The molecule has 27 heavy (non-hydrogen) atoms. The molecule has 0 bridgehead atoms. The van der Waals surface area contributed by atoms with Gasteiger partial charge in [0.1, 0.15) is 5.75 Å². The second-order valence-electron chi connectivity index (χ2n) is 5.37. The van der Waals surface area contributed by atoms with Crippen LogP contribution in [0.3, 0.4) is 0 Å². The van der Waals surface area contributed by atoms with Crippen LogP contribution < -0.4 is 14.8 Å². The molecule has 0 fully saturated rings. The van der Waals surface area contributed by atoms with Crippen LogP contribution in [-0.4, -0.2) is 34.1 Å². The molecular formula is C17H17ClN2O6S. The van der Waals surface area contributed by atoms with Crippen molar-refractivity contribution in [2.75, 3.05) is 19.0 Å². The number of hydrogen-bond donors (Lipinski definition) is 2. The smallest absolute Gasteiger partial charge is 0.420 e. The summed E-state index contributed by atoms with van der Waals surface area (Å²) in [5.41, 5.74) is 1.20. The average molecular weight is 413 g/mol. The maximum absolute atomic E-state index is 12.0. The Kier molecular flexibility index (Phi) is 6.65. The highest BCUT2D eigenvalue weighted by atomic mass is 35.5. The summed E-state index contributed by atoms with van der Waals surface area (Å²) in [7, 11) is -2.99. The van der Waals surface area contributed by atoms with E-state index in [-0.39, 0.29) is 11.5 Å². The number of benzene rings is 2. The van der Waals surface area contributed by atoms with Gasteiger partial charge in [0.2, 0.25) is 0 Å². The zero-order chi connectivity index (χ0) is 20.0. The number of halogens is 1. The summed E-state index contributed by atoms with van der Waals surface area (Å²) >= 11 is 5.89. The van der Waals surface area contributed by atoms with Crippen molar-refractivity contribution < 1.29 is 27.5 Å². The van der Waals surface area contributed by atoms with Crippen LogP contribution >= 0.6 is 11.6 Å². The van der Waals surface area contributed by atoms with E-state index < -0.39 is 22.0 Å². The van der Waals surface area contributed by atoms with E-state index in [4.69, 9.17) is 16.3 Å². The summed E-state index contributed by atoms with van der Waals surface area (Å²) in [6.07, 6.45) is -1.10. The lowest BCUT2D eigenvalue weighted by atomic mass is 10.2. The van der Waals surface area contributed by atoms with Gasteiger partial charge in [0.25, 0.3) is 15.9 Å². The largest absolute Gasteiger partial charge is 0.483 e. The molecule has 0 aromatic heterocycles. The van der Waals surface area contributed by atoms with Crippen LogP contribution in [0.5, 0.6) is 5.75 Å². The molecule has 144 valence electrons. The van der Waals surface area contributed by atoms with Crippen LogP contribution in [0.15, 0.2) is 47.4 Å². The maximum atomic E-state index is 12.0. The summed E-state index contributed by atoms with van der Waals surface area (Å²) in [4.78, 5) is 22.9. The number of sulfonamides is 1. The average Bonchev–Trinajstić information content (AvgIpc) is 2.62. The van der Waals surface area contributed by atoms with E-state index in [1.807, 2.05) is 6.92 Å². The number of anilines is 1. The SMILES string of the molecule is COC(=O)NS(=O)(=O)c1ccc(NC(=O)COc2cc(Cl)ccc2C)cc1. The molecule has 0 aliphatic carbocycles. The van der Waals surface area contributed by atoms with Crippen molar-refractivity contribution in [2.24, 2.45) is 0 Å². The Morgan fingerprint density at radius 1 is 1.11 bits per heavy atom. The van der Waals surface area contributed by atoms with E-state index in [9.17, 15) is 18.0 Å². The second kappa shape index (κ2) is 8.74. The third kappa shape index (κ3) is 5.87. The first-order valence-electron chi connectivity index (χ1n) is 7.61. The molecule has 0 heterocycles. The lowest BCUT2D eigenvalue weighted by molar-refractivity contribution is -0.118. The zero-order valence-corrected chi connectivity index (χ0v) is 16.1. The highest BCUT2D eigenvalue weighted by Gasteiger charge is 2.17. The van der Waals surface area contributed by atoms with Gasteiger partial charge in [-0.2, -0.15) is 0 Å². The first-order valence-corrected chi connectivity index (χ1v) is 9.47. The van der Waals surface area contributed by atoms with E-state index in [0.29, 0.717) is 16.5 Å². The number of nitrogens with one attached hydrogen (secondary N) is 2. The summed E-state index contributed by atoms with van der Waals surface area (Å²) in [5, 5.41) is 3.07. The standard InChI is InChI=1S/C17H17ClN2O6S/c1-11-3-4-12(18)9-15(11)26-10-16(21)19-13-5-7-14(8-6-13)27(23,24)20-17(22)25-2/h3-9H,10H2,1-2H3,(H,19,21)(H,20,22). The normalized spacial score (nSPS) is 10.8. The molecule has 0 saturated heterocycles. The molecule has 0 aliphatic rings. The molecule has 2 amide bonds. The van der Waals surface area contributed by atoms with Gasteiger partial charge in [-0.15, -0.1) is 0 Å². The number of methoxy groups -OCH3 is 1. The second-order valence-corrected chi connectivity index (χ2v) is 7.49. The van der Waals surface area contributed by atoms with Crippen LogP contribution in [0.2, 0.25) is 5.02 Å². The third-order valence-corrected chi connectivity index (χ3v) is 4.92. The number of aryl methyl sites for hydroxylation is 1. The van der Waals surface area contributed by atoms with Crippen molar-refractivity contribution >= 4 is 39.3 Å². The highest BCUT2D eigenvalue weighted by molar-refractivity contribution is 7.90. The third-order valence-electron chi connectivity index (χ3n) is 3.36. The molecule has 0 saturated carbocycles. The maximum Gasteiger partial charge on any atom is 0.420 e. The minimum Gasteiger partial charge on any atom is -0.483 e. The van der Waals surface area contributed by atoms with E-state index in [0.717, 1.165) is 12.7 Å². The number of carbonyl (C=O) groups is 2. The Hall–Kier alpha value is -2.78. The van der Waals surface area contributed by atoms with Gasteiger partial charge in [-0.25, -0.2) is 17.9 Å². The molecule has 0 radical (unpaired) electrons. The lowest BCUT2D eigenvalue weighted by Gasteiger charge is -2.10. The number of rotatable bonds is 6. The van der Waals surface area contributed by atoms with E-state index >= 15 is 0 Å². The quantitative estimate of drug-likeness (QED) is 0.754. The fraction of sp³-hybridized carbons (Fsp3) is 0.176. The van der Waals surface area contributed by atoms with Gasteiger partial charge >= 0.3 is 6.09 Å². The lowest BCUT2D eigenvalue weighted by Crippen LogP contribution is -2.30. The Labute approximate surface area is 161 Å². The summed E-state index contributed by atoms with van der Waals surface area (Å²) in [5.74, 6) is 0.0608. The molecule has 0 aliphatic heterocycles. The molecule has 2 aromatic rings. The van der Waals surface area contributed by atoms with Crippen LogP contribution in [0.4, 0.5) is 10.5 Å². The number of amides is 2. The molecule has 0 spiro atoms. The summed E-state index contributed by atoms with van der Waals surface area (Å²) in [6, 6.07) is 10.3.